The van der Waals surface area contributed by atoms with Crippen molar-refractivity contribution in [2.24, 2.45) is 0 Å². The Balaban J connectivity index is 1.93. The Hall–Kier alpha value is -1.43. The van der Waals surface area contributed by atoms with E-state index in [0.717, 1.165) is 18.5 Å². The molecule has 0 amide bonds. The highest BCUT2D eigenvalue weighted by atomic mass is 32.1. The third kappa shape index (κ3) is 3.53. The molecule has 2 aromatic heterocycles. The number of rotatable bonds is 6. The van der Waals surface area contributed by atoms with Crippen molar-refractivity contribution >= 4 is 11.3 Å². The molecule has 0 bridgehead atoms. The Kier molecular flexibility index (Phi) is 4.90. The van der Waals surface area contributed by atoms with Gasteiger partial charge in [0, 0.05) is 35.3 Å². The highest BCUT2D eigenvalue weighted by Crippen LogP contribution is 2.23. The second-order valence-electron chi connectivity index (χ2n) is 4.36. The summed E-state index contributed by atoms with van der Waals surface area (Å²) in [7, 11) is 0. The molecule has 5 heteroatoms. The first-order valence-electron chi connectivity index (χ1n) is 6.22. The third-order valence-corrected chi connectivity index (χ3v) is 3.97. The van der Waals surface area contributed by atoms with E-state index in [-0.39, 0.29) is 12.4 Å². The van der Waals surface area contributed by atoms with Crippen molar-refractivity contribution in [1.29, 1.82) is 0 Å². The molecule has 0 aliphatic heterocycles. The summed E-state index contributed by atoms with van der Waals surface area (Å²) in [4.78, 5) is 5.38. The largest absolute Gasteiger partial charge is 0.506 e. The summed E-state index contributed by atoms with van der Waals surface area (Å²) in [6, 6.07) is 4.15. The zero-order valence-corrected chi connectivity index (χ0v) is 11.7. The Bertz CT molecular complexity index is 526. The molecule has 2 rings (SSSR count). The van der Waals surface area contributed by atoms with Gasteiger partial charge in [-0.3, -0.25) is 4.98 Å². The molecular weight excluding hydrogens is 260 g/mol. The highest BCUT2D eigenvalue weighted by Gasteiger charge is 2.10. The van der Waals surface area contributed by atoms with Crippen LogP contribution in [0, 0.1) is 6.92 Å². The van der Waals surface area contributed by atoms with Crippen molar-refractivity contribution in [3.8, 4) is 5.75 Å². The van der Waals surface area contributed by atoms with E-state index in [1.165, 1.54) is 4.88 Å². The molecule has 0 aliphatic carbocycles. The van der Waals surface area contributed by atoms with Crippen LogP contribution in [-0.4, -0.2) is 21.7 Å². The van der Waals surface area contributed by atoms with Crippen molar-refractivity contribution in [2.75, 3.05) is 6.54 Å². The number of nitrogens with one attached hydrogen (secondary N) is 1. The minimum absolute atomic E-state index is 0.108. The summed E-state index contributed by atoms with van der Waals surface area (Å²) in [5, 5.41) is 24.6. The maximum atomic E-state index is 9.98. The van der Waals surface area contributed by atoms with Crippen molar-refractivity contribution < 1.29 is 10.2 Å². The molecule has 0 saturated heterocycles. The highest BCUT2D eigenvalue weighted by molar-refractivity contribution is 7.09. The van der Waals surface area contributed by atoms with Gasteiger partial charge in [0.15, 0.2) is 0 Å². The van der Waals surface area contributed by atoms with Crippen LogP contribution < -0.4 is 5.32 Å². The lowest BCUT2D eigenvalue weighted by molar-refractivity contribution is 0.278. The summed E-state index contributed by atoms with van der Waals surface area (Å²) in [5.74, 6) is 0.176. The van der Waals surface area contributed by atoms with Crippen LogP contribution in [0.25, 0.3) is 0 Å². The molecule has 2 heterocycles. The fraction of sp³-hybridized carbons (Fsp3) is 0.357. The number of hydrogen-bond acceptors (Lipinski definition) is 5. The van der Waals surface area contributed by atoms with Gasteiger partial charge in [0.2, 0.25) is 0 Å². The van der Waals surface area contributed by atoms with Crippen LogP contribution in [0.5, 0.6) is 5.75 Å². The third-order valence-electron chi connectivity index (χ3n) is 3.03. The van der Waals surface area contributed by atoms with E-state index in [1.807, 2.05) is 6.07 Å². The number of pyridine rings is 1. The predicted octanol–water partition coefficient (Wildman–Crippen LogP) is 1.98. The lowest BCUT2D eigenvalue weighted by Gasteiger charge is -2.12. The smallest absolute Gasteiger partial charge is 0.141 e. The maximum Gasteiger partial charge on any atom is 0.141 e. The predicted molar refractivity (Wildman–Crippen MR) is 76.3 cm³/mol. The summed E-state index contributed by atoms with van der Waals surface area (Å²) >= 11 is 1.74. The summed E-state index contributed by atoms with van der Waals surface area (Å²) in [6.45, 7) is 3.02. The molecule has 0 aromatic carbocycles. The number of aliphatic hydroxyl groups excluding tert-OH is 1. The van der Waals surface area contributed by atoms with Crippen LogP contribution in [-0.2, 0) is 19.6 Å². The van der Waals surface area contributed by atoms with Crippen LogP contribution in [0.1, 0.15) is 21.7 Å². The van der Waals surface area contributed by atoms with Crippen LogP contribution in [0.15, 0.2) is 23.7 Å². The summed E-state index contributed by atoms with van der Waals surface area (Å²) in [5.41, 5.74) is 2.00. The fourth-order valence-corrected chi connectivity index (χ4v) is 2.61. The van der Waals surface area contributed by atoms with Gasteiger partial charge in [-0.1, -0.05) is 6.07 Å². The molecule has 2 aromatic rings. The second kappa shape index (κ2) is 6.65. The van der Waals surface area contributed by atoms with Gasteiger partial charge in [0.25, 0.3) is 0 Å². The molecule has 0 fully saturated rings. The normalized spacial score (nSPS) is 10.8. The zero-order chi connectivity index (χ0) is 13.7. The van der Waals surface area contributed by atoms with Gasteiger partial charge < -0.3 is 15.5 Å². The van der Waals surface area contributed by atoms with Crippen molar-refractivity contribution in [3.05, 3.63) is 45.4 Å². The number of hydrogen-bond donors (Lipinski definition) is 3. The van der Waals surface area contributed by atoms with Gasteiger partial charge in [-0.25, -0.2) is 0 Å². The van der Waals surface area contributed by atoms with Gasteiger partial charge >= 0.3 is 0 Å². The van der Waals surface area contributed by atoms with Crippen molar-refractivity contribution in [1.82, 2.24) is 10.3 Å². The molecule has 0 saturated carbocycles. The van der Waals surface area contributed by atoms with Gasteiger partial charge in [-0.15, -0.1) is 11.3 Å². The van der Waals surface area contributed by atoms with Crippen molar-refractivity contribution in [2.45, 2.75) is 26.5 Å². The fourth-order valence-electron chi connectivity index (χ4n) is 1.90. The quantitative estimate of drug-likeness (QED) is 0.707. The number of aryl methyl sites for hydroxylation is 1. The minimum Gasteiger partial charge on any atom is -0.506 e. The number of aliphatic hydroxyl groups is 1. The molecule has 102 valence electrons. The van der Waals surface area contributed by atoms with Gasteiger partial charge in [0.1, 0.15) is 5.75 Å². The first-order valence-corrected chi connectivity index (χ1v) is 7.10. The SMILES string of the molecule is Cc1ncc(CO)c(CNCCc2cccs2)c1O. The Morgan fingerprint density at radius 3 is 2.95 bits per heavy atom. The Morgan fingerprint density at radius 1 is 1.42 bits per heavy atom. The van der Waals surface area contributed by atoms with E-state index < -0.39 is 0 Å². The summed E-state index contributed by atoms with van der Waals surface area (Å²) in [6.07, 6.45) is 2.59. The molecule has 0 unspecified atom stereocenters. The first kappa shape index (κ1) is 14.0. The molecule has 4 nitrogen and oxygen atoms in total. The van der Waals surface area contributed by atoms with Crippen LogP contribution in [0.3, 0.4) is 0 Å². The Labute approximate surface area is 116 Å². The zero-order valence-electron chi connectivity index (χ0n) is 10.9. The molecule has 0 spiro atoms. The average molecular weight is 278 g/mol. The van der Waals surface area contributed by atoms with Gasteiger partial charge in [-0.2, -0.15) is 0 Å². The van der Waals surface area contributed by atoms with E-state index in [0.29, 0.717) is 17.8 Å². The standard InChI is InChI=1S/C14H18N2O2S/c1-10-14(18)13(11(9-17)7-16-10)8-15-5-4-12-3-2-6-19-12/h2-3,6-7,15,17-18H,4-5,8-9H2,1H3. The first-order chi connectivity index (χ1) is 9.22. The number of aromatic nitrogens is 1. The lowest BCUT2D eigenvalue weighted by atomic mass is 10.1. The molecule has 0 radical (unpaired) electrons. The van der Waals surface area contributed by atoms with E-state index in [2.05, 4.69) is 21.7 Å². The Morgan fingerprint density at radius 2 is 2.26 bits per heavy atom. The molecule has 0 atom stereocenters. The van der Waals surface area contributed by atoms with Gasteiger partial charge in [0.05, 0.1) is 12.3 Å². The topological polar surface area (TPSA) is 65.4 Å². The van der Waals surface area contributed by atoms with Crippen LogP contribution in [0.4, 0.5) is 0 Å². The van der Waals surface area contributed by atoms with E-state index >= 15 is 0 Å². The van der Waals surface area contributed by atoms with E-state index in [1.54, 1.807) is 24.5 Å². The summed E-state index contributed by atoms with van der Waals surface area (Å²) < 4.78 is 0. The molecule has 19 heavy (non-hydrogen) atoms. The monoisotopic (exact) mass is 278 g/mol. The van der Waals surface area contributed by atoms with Crippen molar-refractivity contribution in [3.63, 3.8) is 0 Å². The second-order valence-corrected chi connectivity index (χ2v) is 5.39. The lowest BCUT2D eigenvalue weighted by Crippen LogP contribution is -2.18. The average Bonchev–Trinajstić information content (AvgIpc) is 2.92. The van der Waals surface area contributed by atoms with E-state index in [4.69, 9.17) is 0 Å². The van der Waals surface area contributed by atoms with E-state index in [9.17, 15) is 10.2 Å². The van der Waals surface area contributed by atoms with Crippen LogP contribution >= 0.6 is 11.3 Å². The molecular formula is C14H18N2O2S. The number of nitrogens with zero attached hydrogens (tertiary/aromatic N) is 1. The number of aromatic hydroxyl groups is 1. The number of thiophene rings is 1. The molecule has 0 aliphatic rings. The molecule has 3 N–H and O–H groups in total. The minimum atomic E-state index is -0.108. The van der Waals surface area contributed by atoms with Gasteiger partial charge in [-0.05, 0) is 24.8 Å². The van der Waals surface area contributed by atoms with Crippen LogP contribution in [0.2, 0.25) is 0 Å². The maximum absolute atomic E-state index is 9.98.